The van der Waals surface area contributed by atoms with Crippen molar-refractivity contribution >= 4 is 80.9 Å². The molecule has 0 aromatic carbocycles. The van der Waals surface area contributed by atoms with Crippen LogP contribution in [-0.4, -0.2) is 114 Å². The van der Waals surface area contributed by atoms with Crippen LogP contribution >= 0.6 is 7.82 Å². The van der Waals surface area contributed by atoms with Gasteiger partial charge in [-0.15, -0.1) is 0 Å². The molecule has 9 N–H and O–H groups in total. The van der Waals surface area contributed by atoms with Crippen molar-refractivity contribution in [2.75, 3.05) is 0 Å². The third kappa shape index (κ3) is 834. The first-order chi connectivity index (χ1) is 5.46. The van der Waals surface area contributed by atoms with Crippen molar-refractivity contribution < 1.29 is 122 Å². The Balaban J connectivity index is -0.00000000425. The largest absolute Gasteiger partial charge is 2.00 e. The zero-order chi connectivity index (χ0) is 11.7. The summed E-state index contributed by atoms with van der Waals surface area (Å²) in [7, 11) is -4.64. The van der Waals surface area contributed by atoms with E-state index in [1.54, 1.807) is 0 Å². The summed E-state index contributed by atoms with van der Waals surface area (Å²) in [5.41, 5.74) is 0. The molecule has 0 aromatic rings. The van der Waals surface area contributed by atoms with Gasteiger partial charge in [-0.3, -0.25) is 0 Å². The van der Waals surface area contributed by atoms with Gasteiger partial charge in [0.1, 0.15) is 0 Å². The second-order valence-electron chi connectivity index (χ2n) is 1.08. The van der Waals surface area contributed by atoms with Gasteiger partial charge in [0.05, 0.1) is 0 Å². The van der Waals surface area contributed by atoms with E-state index in [4.69, 9.17) is 49.3 Å². The molecule has 0 fully saturated rings. The van der Waals surface area contributed by atoms with Crippen molar-refractivity contribution in [2.45, 2.75) is 0 Å². The summed E-state index contributed by atoms with van der Waals surface area (Å²) < 4.78 is 8.88. The van der Waals surface area contributed by atoms with Gasteiger partial charge in [0, 0.05) is 0 Å². The molecule has 0 saturated carbocycles. The van der Waals surface area contributed by atoms with Crippen LogP contribution in [0.15, 0.2) is 0 Å². The quantitative estimate of drug-likeness (QED) is 0.160. The maximum absolute atomic E-state index is 8.88. The predicted octanol–water partition coefficient (Wildman–Crippen LogP) is -7.39. The van der Waals surface area contributed by atoms with E-state index in [0.29, 0.717) is 0 Å². The normalized spacial score (nSPS) is 5.94. The van der Waals surface area contributed by atoms with E-state index in [2.05, 4.69) is 0 Å². The van der Waals surface area contributed by atoms with Crippen LogP contribution in [0.1, 0.15) is 8.56 Å². The molecule has 0 amide bonds. The van der Waals surface area contributed by atoms with Crippen LogP contribution in [0.2, 0.25) is 0 Å². The molecule has 100 valence electrons. The first kappa shape index (κ1) is 49.8. The van der Waals surface area contributed by atoms with Crippen LogP contribution < -0.4 is 59.1 Å². The molecule has 0 radical (unpaired) electrons. The Hall–Kier alpha value is 2.64. The first-order valence-electron chi connectivity index (χ1n) is 2.09. The number of hydrogen-bond acceptors (Lipinski definition) is 3. The Morgan fingerprint density at radius 2 is 0.833 bits per heavy atom. The summed E-state index contributed by atoms with van der Waals surface area (Å²) in [6, 6.07) is 0. The van der Waals surface area contributed by atoms with Crippen LogP contribution in [0, 0.1) is 0 Å². The van der Waals surface area contributed by atoms with Gasteiger partial charge in [0.15, 0.2) is 0 Å². The van der Waals surface area contributed by atoms with E-state index in [0.717, 1.165) is 0 Å². The van der Waals surface area contributed by atoms with Crippen molar-refractivity contribution in [3.05, 3.63) is 0 Å². The van der Waals surface area contributed by atoms with E-state index in [9.17, 15) is 0 Å². The molecule has 0 rings (SSSR count). The van der Waals surface area contributed by atoms with Crippen LogP contribution in [0.4, 0.5) is 9.59 Å². The van der Waals surface area contributed by atoms with Gasteiger partial charge in [-0.05, 0) is 0 Å². The number of hydrogen-bond donors (Lipinski definition) is 7. The second-order valence-corrected chi connectivity index (χ2v) is 2.10. The van der Waals surface area contributed by atoms with Gasteiger partial charge in [0.25, 0.3) is 0 Å². The Labute approximate surface area is 200 Å². The average Bonchev–Trinajstić information content (AvgIpc) is 1.50. The predicted molar refractivity (Wildman–Crippen MR) is 57.4 cm³/mol. The summed E-state index contributed by atoms with van der Waals surface area (Å²) in [6.45, 7) is 0. The van der Waals surface area contributed by atoms with Crippen LogP contribution in [0.25, 0.3) is 0 Å². The van der Waals surface area contributed by atoms with E-state index >= 15 is 0 Å². The molecule has 0 aliphatic heterocycles. The molecular formula is C2H15CaMgNa2O11P. The maximum atomic E-state index is 8.88. The monoisotopic (exact) mass is 356 g/mol. The van der Waals surface area contributed by atoms with Crippen LogP contribution in [0.5, 0.6) is 0 Å². The summed E-state index contributed by atoms with van der Waals surface area (Å²) in [4.78, 5) is 38.7. The summed E-state index contributed by atoms with van der Waals surface area (Å²) in [5, 5.41) is 27.9. The summed E-state index contributed by atoms with van der Waals surface area (Å²) >= 11 is 0. The van der Waals surface area contributed by atoms with Gasteiger partial charge >= 0.3 is 140 Å². The molecular weight excluding hydrogens is 341 g/mol. The zero-order valence-corrected chi connectivity index (χ0v) is 18.2. The molecule has 0 aromatic heterocycles. The Kier molecular flexibility index (Phi) is 88.1. The van der Waals surface area contributed by atoms with Crippen LogP contribution in [0.3, 0.4) is 0 Å². The smallest absolute Gasteiger partial charge is 1.00 e. The molecule has 0 aliphatic carbocycles. The minimum Gasteiger partial charge on any atom is -1.00 e. The van der Waals surface area contributed by atoms with Crippen LogP contribution in [-0.2, 0) is 4.57 Å². The van der Waals surface area contributed by atoms with E-state index in [-0.39, 0.29) is 134 Å². The zero-order valence-electron chi connectivity index (χ0n) is 15.7. The van der Waals surface area contributed by atoms with Gasteiger partial charge in [-0.2, -0.15) is 0 Å². The Bertz CT molecular complexity index is 200. The van der Waals surface area contributed by atoms with Crippen molar-refractivity contribution in [2.24, 2.45) is 0 Å². The fraction of sp³-hybridized carbons (Fsp3) is 0. The van der Waals surface area contributed by atoms with Gasteiger partial charge in [-0.1, -0.05) is 0 Å². The number of rotatable bonds is 0. The molecule has 0 saturated heterocycles. The number of carbonyl (C=O) groups is 2. The molecule has 0 atom stereocenters. The third-order valence-electron chi connectivity index (χ3n) is 0. The number of phosphoric acid groups is 1. The van der Waals surface area contributed by atoms with Crippen molar-refractivity contribution in [1.82, 2.24) is 0 Å². The van der Waals surface area contributed by atoms with Crippen molar-refractivity contribution in [1.29, 1.82) is 0 Å². The second kappa shape index (κ2) is 31.8. The molecule has 18 heavy (non-hydrogen) atoms. The third-order valence-corrected chi connectivity index (χ3v) is 0. The molecule has 16 heteroatoms. The molecule has 0 aliphatic rings. The van der Waals surface area contributed by atoms with E-state index in [1.165, 1.54) is 0 Å². The SMILES string of the molecule is O.O=C(O)O.O=C(O)O.O=P(O)(O)O.[Ca+2].[H-].[H-].[H-].[H-].[H-].[H-].[Mg+2].[Na+].[Na+]. The van der Waals surface area contributed by atoms with Gasteiger partial charge in [0.2, 0.25) is 0 Å². The van der Waals surface area contributed by atoms with E-state index in [1.807, 2.05) is 0 Å². The maximum Gasteiger partial charge on any atom is 2.00 e. The minimum absolute atomic E-state index is 0. The summed E-state index contributed by atoms with van der Waals surface area (Å²) in [6.07, 6.45) is -3.67. The molecule has 11 nitrogen and oxygen atoms in total. The minimum atomic E-state index is -4.64. The first-order valence-corrected chi connectivity index (χ1v) is 3.65. The molecule has 0 heterocycles. The average molecular weight is 356 g/mol. The van der Waals surface area contributed by atoms with Crippen molar-refractivity contribution in [3.63, 3.8) is 0 Å². The van der Waals surface area contributed by atoms with Gasteiger partial charge in [-0.25, -0.2) is 14.2 Å². The fourth-order valence-electron chi connectivity index (χ4n) is 0. The fourth-order valence-corrected chi connectivity index (χ4v) is 0. The number of carboxylic acid groups (broad SMARTS) is 4. The molecule has 0 bridgehead atoms. The Morgan fingerprint density at radius 3 is 0.833 bits per heavy atom. The summed E-state index contributed by atoms with van der Waals surface area (Å²) in [5.74, 6) is 0. The van der Waals surface area contributed by atoms with Crippen molar-refractivity contribution in [3.8, 4) is 0 Å². The molecule has 0 unspecified atom stereocenters. The standard InChI is InChI=1S/2CH2O3.Ca.Mg.2Na.H3O4P.H2O.6H/c2*2-1(3)4;;;;;1-5(2,3)4;;;;;;;/h2*(H2,2,3,4);;;;;(H3,1,2,3,4);1H2;;;;;;/q;;2*+2;2*+1;;;6*-1. The Morgan fingerprint density at radius 1 is 0.833 bits per heavy atom. The molecule has 0 spiro atoms. The van der Waals surface area contributed by atoms with Gasteiger partial charge < -0.3 is 49.1 Å². The topological polar surface area (TPSA) is 224 Å². The van der Waals surface area contributed by atoms with E-state index < -0.39 is 20.1 Å².